The van der Waals surface area contributed by atoms with Crippen molar-refractivity contribution >= 4 is 0 Å². The second-order valence-electron chi connectivity index (χ2n) is 4.16. The van der Waals surface area contributed by atoms with E-state index in [0.717, 1.165) is 22.4 Å². The van der Waals surface area contributed by atoms with Gasteiger partial charge in [0.2, 0.25) is 0 Å². The van der Waals surface area contributed by atoms with Crippen LogP contribution in [-0.4, -0.2) is 13.7 Å². The Kier molecular flexibility index (Phi) is 3.97. The highest BCUT2D eigenvalue weighted by Crippen LogP contribution is 2.28. The van der Waals surface area contributed by atoms with Crippen LogP contribution in [0.3, 0.4) is 0 Å². The highest BCUT2D eigenvalue weighted by Gasteiger charge is 2.10. The first kappa shape index (κ1) is 12.6. The van der Waals surface area contributed by atoms with E-state index < -0.39 is 0 Å². The summed E-state index contributed by atoms with van der Waals surface area (Å²) in [5, 5.41) is 0. The monoisotopic (exact) mass is 242 g/mol. The second kappa shape index (κ2) is 5.67. The molecular formula is C15H18N2O. The van der Waals surface area contributed by atoms with Gasteiger partial charge in [-0.05, 0) is 28.8 Å². The minimum Gasteiger partial charge on any atom is -0.497 e. The van der Waals surface area contributed by atoms with Gasteiger partial charge in [0.15, 0.2) is 0 Å². The third-order valence-electron chi connectivity index (χ3n) is 3.02. The van der Waals surface area contributed by atoms with Crippen molar-refractivity contribution in [2.45, 2.75) is 6.04 Å². The fourth-order valence-corrected chi connectivity index (χ4v) is 1.98. The summed E-state index contributed by atoms with van der Waals surface area (Å²) in [5.74, 6) is 0.847. The standard InChI is InChI=1S/C15H18N2O/c1-18-12-8-6-11(7-9-12)13-4-2-3-5-14(13)15(17)10-16/h2-9,15H,10,16-17H2,1H3. The maximum atomic E-state index is 6.04. The zero-order valence-electron chi connectivity index (χ0n) is 10.5. The number of hydrogen-bond acceptors (Lipinski definition) is 3. The van der Waals surface area contributed by atoms with Gasteiger partial charge < -0.3 is 16.2 Å². The summed E-state index contributed by atoms with van der Waals surface area (Å²) < 4.78 is 5.16. The number of nitrogens with two attached hydrogens (primary N) is 2. The second-order valence-corrected chi connectivity index (χ2v) is 4.16. The van der Waals surface area contributed by atoms with E-state index in [4.69, 9.17) is 16.2 Å². The topological polar surface area (TPSA) is 61.3 Å². The molecule has 0 spiro atoms. The molecule has 0 aliphatic rings. The minimum absolute atomic E-state index is 0.136. The van der Waals surface area contributed by atoms with Crippen molar-refractivity contribution in [2.24, 2.45) is 11.5 Å². The Balaban J connectivity index is 2.43. The van der Waals surface area contributed by atoms with E-state index in [1.165, 1.54) is 0 Å². The van der Waals surface area contributed by atoms with E-state index in [-0.39, 0.29) is 6.04 Å². The normalized spacial score (nSPS) is 12.2. The average Bonchev–Trinajstić information content (AvgIpc) is 2.46. The van der Waals surface area contributed by atoms with Crippen molar-refractivity contribution in [1.29, 1.82) is 0 Å². The van der Waals surface area contributed by atoms with E-state index in [9.17, 15) is 0 Å². The van der Waals surface area contributed by atoms with Gasteiger partial charge in [0.1, 0.15) is 5.75 Å². The molecule has 3 nitrogen and oxygen atoms in total. The molecular weight excluding hydrogens is 224 g/mol. The smallest absolute Gasteiger partial charge is 0.118 e. The molecule has 1 atom stereocenters. The molecule has 94 valence electrons. The van der Waals surface area contributed by atoms with Crippen LogP contribution in [0.1, 0.15) is 11.6 Å². The summed E-state index contributed by atoms with van der Waals surface area (Å²) in [6.07, 6.45) is 0. The first-order valence-electron chi connectivity index (χ1n) is 5.95. The Labute approximate surface area is 107 Å². The Morgan fingerprint density at radius 1 is 1.06 bits per heavy atom. The summed E-state index contributed by atoms with van der Waals surface area (Å²) in [6.45, 7) is 0.438. The van der Waals surface area contributed by atoms with Crippen LogP contribution < -0.4 is 16.2 Å². The fraction of sp³-hybridized carbons (Fsp3) is 0.200. The Hall–Kier alpha value is -1.84. The van der Waals surface area contributed by atoms with Crippen LogP contribution in [0.2, 0.25) is 0 Å². The molecule has 2 aromatic rings. The van der Waals surface area contributed by atoms with Crippen LogP contribution in [0.15, 0.2) is 48.5 Å². The van der Waals surface area contributed by atoms with Crippen LogP contribution in [-0.2, 0) is 0 Å². The molecule has 18 heavy (non-hydrogen) atoms. The summed E-state index contributed by atoms with van der Waals surface area (Å²) in [6, 6.07) is 15.9. The first-order chi connectivity index (χ1) is 8.76. The van der Waals surface area contributed by atoms with Gasteiger partial charge in [-0.15, -0.1) is 0 Å². The van der Waals surface area contributed by atoms with Crippen molar-refractivity contribution in [3.63, 3.8) is 0 Å². The lowest BCUT2D eigenvalue weighted by atomic mass is 9.95. The van der Waals surface area contributed by atoms with E-state index in [1.54, 1.807) is 7.11 Å². The Morgan fingerprint density at radius 2 is 1.72 bits per heavy atom. The van der Waals surface area contributed by atoms with Crippen LogP contribution in [0.4, 0.5) is 0 Å². The predicted molar refractivity (Wildman–Crippen MR) is 74.4 cm³/mol. The van der Waals surface area contributed by atoms with Gasteiger partial charge in [-0.3, -0.25) is 0 Å². The van der Waals surface area contributed by atoms with Gasteiger partial charge in [0.25, 0.3) is 0 Å². The summed E-state index contributed by atoms with van der Waals surface area (Å²) in [5.41, 5.74) is 15.0. The van der Waals surface area contributed by atoms with Crippen LogP contribution >= 0.6 is 0 Å². The quantitative estimate of drug-likeness (QED) is 0.865. The molecule has 0 aliphatic heterocycles. The van der Waals surface area contributed by atoms with Crippen molar-refractivity contribution in [3.05, 3.63) is 54.1 Å². The molecule has 2 aromatic carbocycles. The van der Waals surface area contributed by atoms with E-state index in [2.05, 4.69) is 6.07 Å². The van der Waals surface area contributed by atoms with E-state index >= 15 is 0 Å². The molecule has 0 aromatic heterocycles. The highest BCUT2D eigenvalue weighted by atomic mass is 16.5. The zero-order valence-corrected chi connectivity index (χ0v) is 10.5. The zero-order chi connectivity index (χ0) is 13.0. The van der Waals surface area contributed by atoms with Gasteiger partial charge in [-0.25, -0.2) is 0 Å². The molecule has 4 N–H and O–H groups in total. The molecule has 2 rings (SSSR count). The molecule has 0 saturated heterocycles. The minimum atomic E-state index is -0.136. The number of ether oxygens (including phenoxy) is 1. The van der Waals surface area contributed by atoms with Gasteiger partial charge in [0.05, 0.1) is 7.11 Å². The first-order valence-corrected chi connectivity index (χ1v) is 5.95. The van der Waals surface area contributed by atoms with Crippen LogP contribution in [0.5, 0.6) is 5.75 Å². The maximum Gasteiger partial charge on any atom is 0.118 e. The lowest BCUT2D eigenvalue weighted by molar-refractivity contribution is 0.415. The van der Waals surface area contributed by atoms with Crippen molar-refractivity contribution in [3.8, 4) is 16.9 Å². The summed E-state index contributed by atoms with van der Waals surface area (Å²) in [4.78, 5) is 0. The van der Waals surface area contributed by atoms with Gasteiger partial charge >= 0.3 is 0 Å². The fourth-order valence-electron chi connectivity index (χ4n) is 1.98. The van der Waals surface area contributed by atoms with Crippen molar-refractivity contribution < 1.29 is 4.74 Å². The van der Waals surface area contributed by atoms with E-state index in [0.29, 0.717) is 6.54 Å². The number of methoxy groups -OCH3 is 1. The molecule has 0 saturated carbocycles. The van der Waals surface area contributed by atoms with Gasteiger partial charge in [0, 0.05) is 12.6 Å². The van der Waals surface area contributed by atoms with E-state index in [1.807, 2.05) is 42.5 Å². The van der Waals surface area contributed by atoms with Crippen molar-refractivity contribution in [1.82, 2.24) is 0 Å². The van der Waals surface area contributed by atoms with Gasteiger partial charge in [-0.2, -0.15) is 0 Å². The largest absolute Gasteiger partial charge is 0.497 e. The lowest BCUT2D eigenvalue weighted by Gasteiger charge is -2.15. The molecule has 1 unspecified atom stereocenters. The lowest BCUT2D eigenvalue weighted by Crippen LogP contribution is -2.21. The summed E-state index contributed by atoms with van der Waals surface area (Å²) >= 11 is 0. The van der Waals surface area contributed by atoms with Crippen LogP contribution in [0, 0.1) is 0 Å². The molecule has 0 fully saturated rings. The van der Waals surface area contributed by atoms with Crippen LogP contribution in [0.25, 0.3) is 11.1 Å². The molecule has 0 aliphatic carbocycles. The van der Waals surface area contributed by atoms with Gasteiger partial charge in [-0.1, -0.05) is 36.4 Å². The average molecular weight is 242 g/mol. The summed E-state index contributed by atoms with van der Waals surface area (Å²) in [7, 11) is 1.66. The SMILES string of the molecule is COc1ccc(-c2ccccc2C(N)CN)cc1. The molecule has 0 heterocycles. The third kappa shape index (κ3) is 2.53. The molecule has 0 bridgehead atoms. The maximum absolute atomic E-state index is 6.04. The number of hydrogen-bond donors (Lipinski definition) is 2. The number of rotatable bonds is 4. The molecule has 3 heteroatoms. The van der Waals surface area contributed by atoms with Crippen molar-refractivity contribution in [2.75, 3.05) is 13.7 Å². The number of benzene rings is 2. The Morgan fingerprint density at radius 3 is 2.33 bits per heavy atom. The Bertz CT molecular complexity index is 508. The predicted octanol–water partition coefficient (Wildman–Crippen LogP) is 2.32. The molecule has 0 amide bonds. The highest BCUT2D eigenvalue weighted by molar-refractivity contribution is 5.68. The molecule has 0 radical (unpaired) electrons. The third-order valence-corrected chi connectivity index (χ3v) is 3.02.